The van der Waals surface area contributed by atoms with Crippen LogP contribution in [0.4, 0.5) is 4.39 Å². The Morgan fingerprint density at radius 1 is 1.21 bits per heavy atom. The van der Waals surface area contributed by atoms with Crippen molar-refractivity contribution in [2.75, 3.05) is 46.4 Å². The minimum Gasteiger partial charge on any atom is -0.376 e. The number of benzene rings is 1. The number of halogens is 1. The van der Waals surface area contributed by atoms with Gasteiger partial charge in [-0.15, -0.1) is 0 Å². The lowest BCUT2D eigenvalue weighted by atomic mass is 9.96. The summed E-state index contributed by atoms with van der Waals surface area (Å²) in [5.74, 6) is -0.192. The highest BCUT2D eigenvalue weighted by Crippen LogP contribution is 2.30. The third kappa shape index (κ3) is 4.76. The molecule has 3 rings (SSSR count). The van der Waals surface area contributed by atoms with Crippen molar-refractivity contribution < 1.29 is 13.9 Å². The van der Waals surface area contributed by atoms with Gasteiger partial charge in [-0.3, -0.25) is 4.90 Å². The van der Waals surface area contributed by atoms with Crippen LogP contribution >= 0.6 is 0 Å². The van der Waals surface area contributed by atoms with E-state index in [1.807, 2.05) is 12.1 Å². The van der Waals surface area contributed by atoms with Crippen molar-refractivity contribution >= 4 is 0 Å². The van der Waals surface area contributed by atoms with Crippen LogP contribution in [0.3, 0.4) is 0 Å². The van der Waals surface area contributed by atoms with Crippen molar-refractivity contribution in [2.45, 2.75) is 38.0 Å². The first-order valence-corrected chi connectivity index (χ1v) is 9.03. The molecule has 0 spiro atoms. The van der Waals surface area contributed by atoms with Crippen molar-refractivity contribution in [3.05, 3.63) is 35.6 Å². The van der Waals surface area contributed by atoms with Crippen LogP contribution in [0.2, 0.25) is 0 Å². The largest absolute Gasteiger partial charge is 0.376 e. The van der Waals surface area contributed by atoms with Crippen LogP contribution in [0.5, 0.6) is 0 Å². The van der Waals surface area contributed by atoms with Crippen molar-refractivity contribution in [3.63, 3.8) is 0 Å². The van der Waals surface area contributed by atoms with Gasteiger partial charge in [0, 0.05) is 38.8 Å². The second-order valence-electron chi connectivity index (χ2n) is 7.05. The first-order chi connectivity index (χ1) is 11.6. The molecular formula is C19H29FN2O2. The molecule has 2 fully saturated rings. The van der Waals surface area contributed by atoms with Gasteiger partial charge in [-0.1, -0.05) is 12.1 Å². The number of hydrogen-bond acceptors (Lipinski definition) is 4. The van der Waals surface area contributed by atoms with Gasteiger partial charge in [0.1, 0.15) is 5.82 Å². The molecule has 2 aliphatic rings. The topological polar surface area (TPSA) is 24.9 Å². The molecule has 5 heteroatoms. The molecule has 0 radical (unpaired) electrons. The number of rotatable bonds is 5. The molecule has 134 valence electrons. The van der Waals surface area contributed by atoms with E-state index in [1.165, 1.54) is 12.1 Å². The molecule has 4 nitrogen and oxygen atoms in total. The van der Waals surface area contributed by atoms with E-state index in [9.17, 15) is 4.39 Å². The zero-order valence-corrected chi connectivity index (χ0v) is 14.8. The van der Waals surface area contributed by atoms with Gasteiger partial charge >= 0.3 is 0 Å². The highest BCUT2D eigenvalue weighted by Gasteiger charge is 2.27. The van der Waals surface area contributed by atoms with E-state index < -0.39 is 0 Å². The third-order valence-electron chi connectivity index (χ3n) is 5.22. The summed E-state index contributed by atoms with van der Waals surface area (Å²) < 4.78 is 24.6. The quantitative estimate of drug-likeness (QED) is 0.825. The average Bonchev–Trinajstić information content (AvgIpc) is 2.60. The maximum Gasteiger partial charge on any atom is 0.123 e. The zero-order valence-electron chi connectivity index (χ0n) is 14.8. The molecule has 3 atom stereocenters. The van der Waals surface area contributed by atoms with Gasteiger partial charge in [0.2, 0.25) is 0 Å². The lowest BCUT2D eigenvalue weighted by molar-refractivity contribution is -0.0349. The van der Waals surface area contributed by atoms with Crippen molar-refractivity contribution in [2.24, 2.45) is 0 Å². The second kappa shape index (κ2) is 8.39. The minimum atomic E-state index is -0.192. The predicted molar refractivity (Wildman–Crippen MR) is 92.6 cm³/mol. The number of nitrogens with zero attached hydrogens (tertiary/aromatic N) is 2. The number of morpholine rings is 1. The lowest BCUT2D eigenvalue weighted by Gasteiger charge is -2.37. The molecule has 2 heterocycles. The molecule has 0 bridgehead atoms. The van der Waals surface area contributed by atoms with Gasteiger partial charge in [-0.2, -0.15) is 0 Å². The van der Waals surface area contributed by atoms with Crippen molar-refractivity contribution in [1.29, 1.82) is 0 Å². The first kappa shape index (κ1) is 17.8. The fourth-order valence-corrected chi connectivity index (χ4v) is 3.66. The molecule has 0 aromatic heterocycles. The Hall–Kier alpha value is -1.01. The van der Waals surface area contributed by atoms with Gasteiger partial charge in [-0.05, 0) is 44.5 Å². The van der Waals surface area contributed by atoms with E-state index in [2.05, 4.69) is 23.8 Å². The molecule has 0 N–H and O–H groups in total. The van der Waals surface area contributed by atoms with Crippen LogP contribution in [0.1, 0.15) is 31.4 Å². The normalized spacial score (nSPS) is 29.1. The number of hydrogen-bond donors (Lipinski definition) is 0. The van der Waals surface area contributed by atoms with Crippen LogP contribution in [-0.2, 0) is 9.47 Å². The van der Waals surface area contributed by atoms with E-state index in [-0.39, 0.29) is 11.9 Å². The van der Waals surface area contributed by atoms with Gasteiger partial charge in [0.25, 0.3) is 0 Å². The minimum absolute atomic E-state index is 0.0789. The highest BCUT2D eigenvalue weighted by atomic mass is 19.1. The molecule has 0 saturated carbocycles. The predicted octanol–water partition coefficient (Wildman–Crippen LogP) is 2.70. The van der Waals surface area contributed by atoms with Gasteiger partial charge in [0.05, 0.1) is 18.8 Å². The first-order valence-electron chi connectivity index (χ1n) is 9.03. The van der Waals surface area contributed by atoms with Gasteiger partial charge in [-0.25, -0.2) is 4.39 Å². The molecule has 24 heavy (non-hydrogen) atoms. The Morgan fingerprint density at radius 2 is 2.00 bits per heavy atom. The third-order valence-corrected chi connectivity index (χ3v) is 5.22. The summed E-state index contributed by atoms with van der Waals surface area (Å²) in [6, 6.07) is 7.25. The van der Waals surface area contributed by atoms with Gasteiger partial charge < -0.3 is 14.4 Å². The number of likely N-dealkylation sites (N-methyl/N-ethyl adjacent to an activating group) is 1. The van der Waals surface area contributed by atoms with E-state index in [1.54, 1.807) is 0 Å². The van der Waals surface area contributed by atoms with Crippen LogP contribution in [-0.4, -0.2) is 68.4 Å². The molecule has 3 unspecified atom stereocenters. The summed E-state index contributed by atoms with van der Waals surface area (Å²) in [6.07, 6.45) is 2.46. The van der Waals surface area contributed by atoms with E-state index >= 15 is 0 Å². The molecule has 2 saturated heterocycles. The summed E-state index contributed by atoms with van der Waals surface area (Å²) in [4.78, 5) is 4.95. The van der Waals surface area contributed by atoms with Crippen LogP contribution in [0, 0.1) is 5.82 Å². The summed E-state index contributed by atoms with van der Waals surface area (Å²) in [5.41, 5.74) is 1.08. The summed E-state index contributed by atoms with van der Waals surface area (Å²) in [6.45, 7) is 7.96. The maximum atomic E-state index is 13.1. The molecule has 1 aromatic carbocycles. The van der Waals surface area contributed by atoms with Crippen LogP contribution < -0.4 is 0 Å². The van der Waals surface area contributed by atoms with Crippen molar-refractivity contribution in [3.8, 4) is 0 Å². The van der Waals surface area contributed by atoms with Crippen molar-refractivity contribution in [1.82, 2.24) is 9.80 Å². The summed E-state index contributed by atoms with van der Waals surface area (Å²) in [5, 5.41) is 0. The Labute approximate surface area is 144 Å². The Morgan fingerprint density at radius 3 is 2.75 bits per heavy atom. The van der Waals surface area contributed by atoms with Crippen LogP contribution in [0.15, 0.2) is 24.3 Å². The SMILES string of the molecule is CC1CN(CCN(C)C2CCOC(c3ccc(F)cc3)C2)CCO1. The maximum absolute atomic E-state index is 13.1. The fraction of sp³-hybridized carbons (Fsp3) is 0.684. The van der Waals surface area contributed by atoms with Crippen LogP contribution in [0.25, 0.3) is 0 Å². The second-order valence-corrected chi connectivity index (χ2v) is 7.05. The van der Waals surface area contributed by atoms with E-state index in [0.717, 1.165) is 57.8 Å². The average molecular weight is 336 g/mol. The number of ether oxygens (including phenoxy) is 2. The lowest BCUT2D eigenvalue weighted by Crippen LogP contribution is -2.46. The molecular weight excluding hydrogens is 307 g/mol. The standard InChI is InChI=1S/C19H29FN2O2/c1-15-14-22(10-12-23-15)9-8-21(2)18-7-11-24-19(13-18)16-3-5-17(20)6-4-16/h3-6,15,18-19H,7-14H2,1-2H3. The molecule has 0 aliphatic carbocycles. The fourth-order valence-electron chi connectivity index (χ4n) is 3.66. The summed E-state index contributed by atoms with van der Waals surface area (Å²) in [7, 11) is 2.21. The molecule has 2 aliphatic heterocycles. The highest BCUT2D eigenvalue weighted by molar-refractivity contribution is 5.19. The Kier molecular flexibility index (Phi) is 6.22. The molecule has 0 amide bonds. The van der Waals surface area contributed by atoms with E-state index in [0.29, 0.717) is 12.1 Å². The van der Waals surface area contributed by atoms with E-state index in [4.69, 9.17) is 9.47 Å². The Bertz CT molecular complexity index is 511. The molecule has 1 aromatic rings. The zero-order chi connectivity index (χ0) is 16.9. The Balaban J connectivity index is 1.49. The summed E-state index contributed by atoms with van der Waals surface area (Å²) >= 11 is 0. The smallest absolute Gasteiger partial charge is 0.123 e. The monoisotopic (exact) mass is 336 g/mol. The van der Waals surface area contributed by atoms with Gasteiger partial charge in [0.15, 0.2) is 0 Å².